The van der Waals surface area contributed by atoms with Crippen LogP contribution in [0.4, 0.5) is 4.39 Å². The van der Waals surface area contributed by atoms with E-state index in [0.29, 0.717) is 24.3 Å². The molecule has 88 valence electrons. The monoisotopic (exact) mass is 244 g/mol. The third-order valence-electron chi connectivity index (χ3n) is 1.88. The lowest BCUT2D eigenvalue weighted by molar-refractivity contribution is 0.0953. The number of amides is 1. The third-order valence-corrected chi connectivity index (χ3v) is 2.75. The van der Waals surface area contributed by atoms with Gasteiger partial charge in [0, 0.05) is 35.5 Å². The second-order valence-corrected chi connectivity index (χ2v) is 4.81. The molecular formula is C10H13FN2O2S. The zero-order chi connectivity index (χ0) is 12.0. The zero-order valence-electron chi connectivity index (χ0n) is 8.90. The first-order valence-corrected chi connectivity index (χ1v) is 6.52. The van der Waals surface area contributed by atoms with Crippen molar-refractivity contribution in [3.63, 3.8) is 0 Å². The largest absolute Gasteiger partial charge is 0.352 e. The summed E-state index contributed by atoms with van der Waals surface area (Å²) in [7, 11) is -0.841. The molecule has 6 heteroatoms. The lowest BCUT2D eigenvalue weighted by Gasteiger charge is -2.03. The first kappa shape index (κ1) is 12.8. The average molecular weight is 244 g/mol. The van der Waals surface area contributed by atoms with Crippen molar-refractivity contribution in [2.24, 2.45) is 0 Å². The summed E-state index contributed by atoms with van der Waals surface area (Å²) >= 11 is 0. The van der Waals surface area contributed by atoms with Crippen molar-refractivity contribution in [1.82, 2.24) is 10.3 Å². The first-order chi connectivity index (χ1) is 7.59. The van der Waals surface area contributed by atoms with Gasteiger partial charge in [-0.3, -0.25) is 9.00 Å². The normalized spacial score (nSPS) is 12.1. The van der Waals surface area contributed by atoms with E-state index >= 15 is 0 Å². The van der Waals surface area contributed by atoms with Gasteiger partial charge in [-0.05, 0) is 18.6 Å². The highest BCUT2D eigenvalue weighted by atomic mass is 32.2. The van der Waals surface area contributed by atoms with E-state index in [1.807, 2.05) is 0 Å². The fraction of sp³-hybridized carbons (Fsp3) is 0.400. The predicted octanol–water partition coefficient (Wildman–Crippen LogP) is 0.719. The summed E-state index contributed by atoms with van der Waals surface area (Å²) in [6.07, 6.45) is 3.46. The second kappa shape index (κ2) is 6.32. The zero-order valence-corrected chi connectivity index (χ0v) is 9.72. The van der Waals surface area contributed by atoms with Crippen LogP contribution in [0.5, 0.6) is 0 Å². The number of hydrogen-bond donors (Lipinski definition) is 1. The van der Waals surface area contributed by atoms with Gasteiger partial charge in [0.25, 0.3) is 5.91 Å². The van der Waals surface area contributed by atoms with E-state index in [-0.39, 0.29) is 5.91 Å². The number of carbonyl (C=O) groups is 1. The van der Waals surface area contributed by atoms with Crippen molar-refractivity contribution in [3.8, 4) is 0 Å². The molecule has 0 radical (unpaired) electrons. The van der Waals surface area contributed by atoms with Gasteiger partial charge in [-0.2, -0.15) is 4.39 Å². The van der Waals surface area contributed by atoms with Crippen molar-refractivity contribution >= 4 is 16.7 Å². The summed E-state index contributed by atoms with van der Waals surface area (Å²) in [5.74, 6) is -0.352. The average Bonchev–Trinajstić information content (AvgIpc) is 2.25. The van der Waals surface area contributed by atoms with Crippen LogP contribution < -0.4 is 5.32 Å². The van der Waals surface area contributed by atoms with Crippen molar-refractivity contribution in [2.75, 3.05) is 18.6 Å². The van der Waals surface area contributed by atoms with E-state index in [9.17, 15) is 13.4 Å². The van der Waals surface area contributed by atoms with Crippen LogP contribution in [0.15, 0.2) is 18.3 Å². The Balaban J connectivity index is 2.35. The van der Waals surface area contributed by atoms with Crippen LogP contribution in [-0.4, -0.2) is 33.7 Å². The lowest BCUT2D eigenvalue weighted by atomic mass is 10.2. The molecule has 0 bridgehead atoms. The summed E-state index contributed by atoms with van der Waals surface area (Å²) in [6, 6.07) is 2.51. The van der Waals surface area contributed by atoms with Crippen LogP contribution in [-0.2, 0) is 10.8 Å². The van der Waals surface area contributed by atoms with E-state index < -0.39 is 16.7 Å². The molecule has 0 spiro atoms. The Bertz CT molecular complexity index is 381. The third kappa shape index (κ3) is 4.48. The SMILES string of the molecule is CS(=O)CCCNC(=O)c1ccc(F)nc1. The molecule has 0 aliphatic carbocycles. The molecule has 0 saturated heterocycles. The molecule has 0 saturated carbocycles. The number of pyridine rings is 1. The quantitative estimate of drug-likeness (QED) is 0.613. The number of halogens is 1. The van der Waals surface area contributed by atoms with Gasteiger partial charge in [0.1, 0.15) is 0 Å². The smallest absolute Gasteiger partial charge is 0.252 e. The van der Waals surface area contributed by atoms with Crippen molar-refractivity contribution in [1.29, 1.82) is 0 Å². The molecular weight excluding hydrogens is 231 g/mol. The summed E-state index contributed by atoms with van der Waals surface area (Å²) in [4.78, 5) is 14.8. The minimum Gasteiger partial charge on any atom is -0.352 e. The van der Waals surface area contributed by atoms with Gasteiger partial charge in [-0.15, -0.1) is 0 Å². The number of rotatable bonds is 5. The van der Waals surface area contributed by atoms with Crippen molar-refractivity contribution < 1.29 is 13.4 Å². The highest BCUT2D eigenvalue weighted by Crippen LogP contribution is 1.98. The van der Waals surface area contributed by atoms with Gasteiger partial charge >= 0.3 is 0 Å². The Morgan fingerprint density at radius 3 is 2.88 bits per heavy atom. The second-order valence-electron chi connectivity index (χ2n) is 3.26. The van der Waals surface area contributed by atoms with Crippen molar-refractivity contribution in [3.05, 3.63) is 29.8 Å². The first-order valence-electron chi connectivity index (χ1n) is 4.79. The Hall–Kier alpha value is -1.30. The van der Waals surface area contributed by atoms with Crippen LogP contribution in [0, 0.1) is 5.95 Å². The van der Waals surface area contributed by atoms with E-state index in [1.165, 1.54) is 12.3 Å². The molecule has 0 aromatic carbocycles. The number of nitrogens with zero attached hydrogens (tertiary/aromatic N) is 1. The number of hydrogen-bond acceptors (Lipinski definition) is 3. The minimum absolute atomic E-state index is 0.297. The molecule has 1 unspecified atom stereocenters. The molecule has 0 aliphatic rings. The fourth-order valence-electron chi connectivity index (χ4n) is 1.09. The van der Waals surface area contributed by atoms with E-state index in [0.717, 1.165) is 6.07 Å². The highest BCUT2D eigenvalue weighted by Gasteiger charge is 2.05. The molecule has 1 aromatic heterocycles. The highest BCUT2D eigenvalue weighted by molar-refractivity contribution is 7.84. The van der Waals surface area contributed by atoms with E-state index in [1.54, 1.807) is 6.26 Å². The molecule has 1 heterocycles. The fourth-order valence-corrected chi connectivity index (χ4v) is 1.64. The van der Waals surface area contributed by atoms with Gasteiger partial charge < -0.3 is 5.32 Å². The summed E-state index contributed by atoms with van der Waals surface area (Å²) in [5.41, 5.74) is 0.319. The standard InChI is InChI=1S/C10H13FN2O2S/c1-16(15)6-2-5-12-10(14)8-3-4-9(11)13-7-8/h3-4,7H,2,5-6H2,1H3,(H,12,14). The van der Waals surface area contributed by atoms with Gasteiger partial charge in [0.15, 0.2) is 0 Å². The summed E-state index contributed by atoms with van der Waals surface area (Å²) in [6.45, 7) is 0.454. The van der Waals surface area contributed by atoms with Crippen LogP contribution in [0.1, 0.15) is 16.8 Å². The predicted molar refractivity (Wildman–Crippen MR) is 60.1 cm³/mol. The molecule has 1 aromatic rings. The van der Waals surface area contributed by atoms with Crippen LogP contribution in [0.2, 0.25) is 0 Å². The molecule has 0 fully saturated rings. The van der Waals surface area contributed by atoms with Crippen LogP contribution >= 0.6 is 0 Å². The lowest BCUT2D eigenvalue weighted by Crippen LogP contribution is -2.25. The number of nitrogens with one attached hydrogen (secondary N) is 1. The minimum atomic E-state index is -0.841. The summed E-state index contributed by atoms with van der Waals surface area (Å²) < 4.78 is 23.2. The number of aromatic nitrogens is 1. The molecule has 1 N–H and O–H groups in total. The van der Waals surface area contributed by atoms with Gasteiger partial charge in [0.05, 0.1) is 5.56 Å². The van der Waals surface area contributed by atoms with E-state index in [2.05, 4.69) is 10.3 Å². The molecule has 0 aliphatic heterocycles. The van der Waals surface area contributed by atoms with E-state index in [4.69, 9.17) is 0 Å². The van der Waals surface area contributed by atoms with Gasteiger partial charge in [0.2, 0.25) is 5.95 Å². The Morgan fingerprint density at radius 2 is 2.31 bits per heavy atom. The molecule has 1 atom stereocenters. The Kier molecular flexibility index (Phi) is 5.04. The molecule has 1 amide bonds. The Labute approximate surface area is 95.7 Å². The number of carbonyl (C=O) groups excluding carboxylic acids is 1. The topological polar surface area (TPSA) is 59.1 Å². The van der Waals surface area contributed by atoms with Gasteiger partial charge in [-0.1, -0.05) is 0 Å². The Morgan fingerprint density at radius 1 is 1.56 bits per heavy atom. The maximum Gasteiger partial charge on any atom is 0.252 e. The molecule has 4 nitrogen and oxygen atoms in total. The molecule has 16 heavy (non-hydrogen) atoms. The van der Waals surface area contributed by atoms with Crippen LogP contribution in [0.3, 0.4) is 0 Å². The molecule has 1 rings (SSSR count). The van der Waals surface area contributed by atoms with Crippen LogP contribution in [0.25, 0.3) is 0 Å². The maximum absolute atomic E-state index is 12.5. The van der Waals surface area contributed by atoms with Crippen molar-refractivity contribution in [2.45, 2.75) is 6.42 Å². The summed E-state index contributed by atoms with van der Waals surface area (Å²) in [5, 5.41) is 2.64. The maximum atomic E-state index is 12.5. The van der Waals surface area contributed by atoms with Gasteiger partial charge in [-0.25, -0.2) is 4.98 Å².